The van der Waals surface area contributed by atoms with E-state index in [4.69, 9.17) is 13.9 Å². The Labute approximate surface area is 173 Å². The normalized spacial score (nSPS) is 18.3. The summed E-state index contributed by atoms with van der Waals surface area (Å²) >= 11 is 0. The summed E-state index contributed by atoms with van der Waals surface area (Å²) in [7, 11) is 3.16. The van der Waals surface area contributed by atoms with Gasteiger partial charge >= 0.3 is 6.03 Å². The number of ether oxygens (including phenoxy) is 2. The van der Waals surface area contributed by atoms with Gasteiger partial charge in [-0.2, -0.15) is 0 Å². The summed E-state index contributed by atoms with van der Waals surface area (Å²) in [6.45, 7) is 0.993. The van der Waals surface area contributed by atoms with Crippen molar-refractivity contribution in [2.24, 2.45) is 0 Å². The van der Waals surface area contributed by atoms with Gasteiger partial charge in [-0.3, -0.25) is 14.5 Å². The lowest BCUT2D eigenvalue weighted by atomic mass is 9.98. The summed E-state index contributed by atoms with van der Waals surface area (Å²) in [4.78, 5) is 40.4. The lowest BCUT2D eigenvalue weighted by Gasteiger charge is -2.30. The molecule has 158 valence electrons. The van der Waals surface area contributed by atoms with Gasteiger partial charge in [0.2, 0.25) is 5.91 Å². The van der Waals surface area contributed by atoms with E-state index in [9.17, 15) is 14.4 Å². The number of carbonyl (C=O) groups is 3. The number of imide groups is 1. The third kappa shape index (κ3) is 3.70. The largest absolute Gasteiger partial charge is 0.493 e. The molecule has 9 heteroatoms. The predicted molar refractivity (Wildman–Crippen MR) is 105 cm³/mol. The van der Waals surface area contributed by atoms with Crippen LogP contribution in [0.5, 0.6) is 11.5 Å². The van der Waals surface area contributed by atoms with Crippen molar-refractivity contribution in [3.8, 4) is 11.5 Å². The molecule has 0 bridgehead atoms. The van der Waals surface area contributed by atoms with Crippen molar-refractivity contribution in [2.75, 3.05) is 20.8 Å². The fourth-order valence-corrected chi connectivity index (χ4v) is 3.82. The SMILES string of the molecule is COc1cc2c(cc1OC)CN(C(=O)C[C@@H]1NC(=O)N(Cc3ccco3)C1=O)CC2. The van der Waals surface area contributed by atoms with Crippen molar-refractivity contribution in [2.45, 2.75) is 32.0 Å². The molecule has 0 aliphatic carbocycles. The van der Waals surface area contributed by atoms with Crippen molar-refractivity contribution in [1.29, 1.82) is 0 Å². The number of carbonyl (C=O) groups excluding carboxylic acids is 3. The Hall–Kier alpha value is -3.49. The van der Waals surface area contributed by atoms with E-state index in [2.05, 4.69) is 5.32 Å². The molecule has 30 heavy (non-hydrogen) atoms. The number of rotatable bonds is 6. The van der Waals surface area contributed by atoms with Gasteiger partial charge in [-0.25, -0.2) is 4.79 Å². The van der Waals surface area contributed by atoms with Crippen LogP contribution in [0, 0.1) is 0 Å². The number of furan rings is 1. The first-order valence-electron chi connectivity index (χ1n) is 9.66. The summed E-state index contributed by atoms with van der Waals surface area (Å²) < 4.78 is 15.9. The fourth-order valence-electron chi connectivity index (χ4n) is 3.82. The summed E-state index contributed by atoms with van der Waals surface area (Å²) in [5, 5.41) is 2.60. The zero-order chi connectivity index (χ0) is 21.3. The van der Waals surface area contributed by atoms with Crippen LogP contribution in [-0.2, 0) is 29.1 Å². The highest BCUT2D eigenvalue weighted by molar-refractivity contribution is 6.05. The summed E-state index contributed by atoms with van der Waals surface area (Å²) in [5.74, 6) is 1.16. The molecule has 0 spiro atoms. The summed E-state index contributed by atoms with van der Waals surface area (Å²) in [6.07, 6.45) is 2.08. The van der Waals surface area contributed by atoms with Crippen LogP contribution in [0.2, 0.25) is 0 Å². The molecule has 2 aliphatic rings. The Morgan fingerprint density at radius 3 is 2.60 bits per heavy atom. The van der Waals surface area contributed by atoms with Crippen molar-refractivity contribution >= 4 is 17.8 Å². The van der Waals surface area contributed by atoms with Gasteiger partial charge in [0.15, 0.2) is 11.5 Å². The Kier molecular flexibility index (Phi) is 5.35. The zero-order valence-electron chi connectivity index (χ0n) is 16.8. The van der Waals surface area contributed by atoms with E-state index in [-0.39, 0.29) is 18.9 Å². The molecule has 1 aromatic heterocycles. The minimum absolute atomic E-state index is 0.0427. The molecule has 2 aromatic rings. The molecule has 1 fully saturated rings. The number of nitrogens with one attached hydrogen (secondary N) is 1. The van der Waals surface area contributed by atoms with Crippen molar-refractivity contribution < 1.29 is 28.3 Å². The van der Waals surface area contributed by atoms with Gasteiger partial charge < -0.3 is 24.1 Å². The van der Waals surface area contributed by atoms with E-state index in [1.807, 2.05) is 12.1 Å². The maximum Gasteiger partial charge on any atom is 0.325 e. The molecule has 1 N–H and O–H groups in total. The van der Waals surface area contributed by atoms with Gasteiger partial charge in [0.1, 0.15) is 11.8 Å². The number of fused-ring (bicyclic) bond motifs is 1. The van der Waals surface area contributed by atoms with Crippen LogP contribution >= 0.6 is 0 Å². The molecule has 9 nitrogen and oxygen atoms in total. The molecule has 0 saturated carbocycles. The van der Waals surface area contributed by atoms with Crippen LogP contribution in [0.4, 0.5) is 4.79 Å². The second-order valence-corrected chi connectivity index (χ2v) is 7.25. The van der Waals surface area contributed by atoms with Crippen molar-refractivity contribution in [3.05, 3.63) is 47.4 Å². The monoisotopic (exact) mass is 413 g/mol. The second kappa shape index (κ2) is 8.10. The molecule has 3 heterocycles. The molecule has 1 saturated heterocycles. The summed E-state index contributed by atoms with van der Waals surface area (Å²) in [6, 6.07) is 5.80. The van der Waals surface area contributed by atoms with Gasteiger partial charge in [-0.1, -0.05) is 0 Å². The van der Waals surface area contributed by atoms with Crippen LogP contribution in [0.25, 0.3) is 0 Å². The van der Waals surface area contributed by atoms with Crippen LogP contribution in [0.3, 0.4) is 0 Å². The smallest absolute Gasteiger partial charge is 0.325 e. The van der Waals surface area contributed by atoms with Crippen LogP contribution in [0.1, 0.15) is 23.3 Å². The highest BCUT2D eigenvalue weighted by atomic mass is 16.5. The number of urea groups is 1. The van der Waals surface area contributed by atoms with Gasteiger partial charge in [-0.05, 0) is 41.8 Å². The number of benzene rings is 1. The quantitative estimate of drug-likeness (QED) is 0.724. The maximum atomic E-state index is 12.8. The van der Waals surface area contributed by atoms with E-state index < -0.39 is 18.0 Å². The molecule has 4 rings (SSSR count). The average molecular weight is 413 g/mol. The van der Waals surface area contributed by atoms with Gasteiger partial charge in [-0.15, -0.1) is 0 Å². The minimum atomic E-state index is -0.869. The molecule has 4 amide bonds. The first-order valence-corrected chi connectivity index (χ1v) is 9.66. The first-order chi connectivity index (χ1) is 14.5. The highest BCUT2D eigenvalue weighted by Crippen LogP contribution is 2.33. The molecule has 2 aliphatic heterocycles. The average Bonchev–Trinajstić information content (AvgIpc) is 3.36. The molecule has 0 unspecified atom stereocenters. The van der Waals surface area contributed by atoms with Crippen LogP contribution < -0.4 is 14.8 Å². The maximum absolute atomic E-state index is 12.8. The molecular formula is C21H23N3O6. The standard InChI is InChI=1S/C21H23N3O6/c1-28-17-8-13-5-6-23(11-14(13)9-18(17)29-2)19(25)10-16-20(26)24(21(27)22-16)12-15-4-3-7-30-15/h3-4,7-9,16H,5-6,10-12H2,1-2H3,(H,22,27)/t16-/m0/s1. The van der Waals surface area contributed by atoms with Crippen LogP contribution in [-0.4, -0.2) is 54.5 Å². The van der Waals surface area contributed by atoms with Crippen molar-refractivity contribution in [3.63, 3.8) is 0 Å². The molecule has 1 aromatic carbocycles. The van der Waals surface area contributed by atoms with E-state index >= 15 is 0 Å². The Bertz CT molecular complexity index is 971. The number of hydrogen-bond acceptors (Lipinski definition) is 6. The number of hydrogen-bond donors (Lipinski definition) is 1. The summed E-state index contributed by atoms with van der Waals surface area (Å²) in [5.41, 5.74) is 2.08. The molecular weight excluding hydrogens is 390 g/mol. The fraction of sp³-hybridized carbons (Fsp3) is 0.381. The third-order valence-electron chi connectivity index (χ3n) is 5.45. The Morgan fingerprint density at radius 2 is 1.93 bits per heavy atom. The van der Waals surface area contributed by atoms with Crippen LogP contribution in [0.15, 0.2) is 34.9 Å². The Morgan fingerprint density at radius 1 is 1.20 bits per heavy atom. The number of methoxy groups -OCH3 is 2. The second-order valence-electron chi connectivity index (χ2n) is 7.25. The zero-order valence-corrected chi connectivity index (χ0v) is 16.8. The molecule has 0 radical (unpaired) electrons. The lowest BCUT2D eigenvalue weighted by Crippen LogP contribution is -2.41. The van der Waals surface area contributed by atoms with E-state index in [0.29, 0.717) is 36.8 Å². The van der Waals surface area contributed by atoms with Gasteiger partial charge in [0, 0.05) is 13.1 Å². The number of nitrogens with zero attached hydrogens (tertiary/aromatic N) is 2. The minimum Gasteiger partial charge on any atom is -0.493 e. The van der Waals surface area contributed by atoms with E-state index in [1.165, 1.54) is 6.26 Å². The molecule has 1 atom stereocenters. The topological polar surface area (TPSA) is 101 Å². The predicted octanol–water partition coefficient (Wildman–Crippen LogP) is 1.69. The lowest BCUT2D eigenvalue weighted by molar-refractivity contribution is -0.136. The van der Waals surface area contributed by atoms with E-state index in [1.54, 1.807) is 31.3 Å². The van der Waals surface area contributed by atoms with Gasteiger partial charge in [0.25, 0.3) is 5.91 Å². The number of amides is 4. The van der Waals surface area contributed by atoms with E-state index in [0.717, 1.165) is 16.0 Å². The third-order valence-corrected chi connectivity index (χ3v) is 5.45. The Balaban J connectivity index is 1.41. The highest BCUT2D eigenvalue weighted by Gasteiger charge is 2.40. The first kappa shape index (κ1) is 19.8. The van der Waals surface area contributed by atoms with Gasteiger partial charge in [0.05, 0.1) is 33.4 Å². The van der Waals surface area contributed by atoms with Crippen molar-refractivity contribution in [1.82, 2.24) is 15.1 Å².